The number of benzene rings is 1. The van der Waals surface area contributed by atoms with E-state index in [-0.39, 0.29) is 0 Å². The smallest absolute Gasteiger partial charge is 0.255 e. The Labute approximate surface area is 131 Å². The monoisotopic (exact) mass is 319 g/mol. The molecule has 0 atom stereocenters. The molecule has 0 amide bonds. The summed E-state index contributed by atoms with van der Waals surface area (Å²) < 4.78 is 37.4. The SMILES string of the molecule is COc1ccc(Oc2cc(NCC(F)F)c3nccn3c2)cc1. The van der Waals surface area contributed by atoms with Crippen LogP contribution >= 0.6 is 0 Å². The molecule has 2 aromatic heterocycles. The lowest BCUT2D eigenvalue weighted by Crippen LogP contribution is -2.11. The molecular formula is C16H15F2N3O2. The average Bonchev–Trinajstić information content (AvgIpc) is 3.02. The number of imidazole rings is 1. The van der Waals surface area contributed by atoms with Crippen LogP contribution in [-0.2, 0) is 0 Å². The van der Waals surface area contributed by atoms with Gasteiger partial charge in [-0.05, 0) is 24.3 Å². The third-order valence-electron chi connectivity index (χ3n) is 3.20. The summed E-state index contributed by atoms with van der Waals surface area (Å²) in [5.74, 6) is 1.85. The Morgan fingerprint density at radius 2 is 1.91 bits per heavy atom. The van der Waals surface area contributed by atoms with Crippen molar-refractivity contribution in [1.29, 1.82) is 0 Å². The number of hydrogen-bond donors (Lipinski definition) is 1. The van der Waals surface area contributed by atoms with Gasteiger partial charge in [0.15, 0.2) is 5.65 Å². The minimum Gasteiger partial charge on any atom is -0.497 e. The number of fused-ring (bicyclic) bond motifs is 1. The minimum atomic E-state index is -2.45. The summed E-state index contributed by atoms with van der Waals surface area (Å²) in [6.45, 7) is -0.450. The first kappa shape index (κ1) is 15.1. The number of aromatic nitrogens is 2. The van der Waals surface area contributed by atoms with E-state index < -0.39 is 13.0 Å². The highest BCUT2D eigenvalue weighted by Crippen LogP contribution is 2.28. The highest BCUT2D eigenvalue weighted by atomic mass is 19.3. The van der Waals surface area contributed by atoms with Crippen molar-refractivity contribution in [2.24, 2.45) is 0 Å². The number of hydrogen-bond acceptors (Lipinski definition) is 4. The molecule has 0 aliphatic heterocycles. The molecule has 3 aromatic rings. The van der Waals surface area contributed by atoms with Gasteiger partial charge in [0.05, 0.1) is 25.5 Å². The van der Waals surface area contributed by atoms with Crippen molar-refractivity contribution in [3.63, 3.8) is 0 Å². The van der Waals surface area contributed by atoms with Gasteiger partial charge in [0, 0.05) is 18.5 Å². The second kappa shape index (κ2) is 6.51. The van der Waals surface area contributed by atoms with Gasteiger partial charge in [-0.2, -0.15) is 0 Å². The van der Waals surface area contributed by atoms with Crippen LogP contribution in [0.2, 0.25) is 0 Å². The van der Waals surface area contributed by atoms with Gasteiger partial charge < -0.3 is 19.2 Å². The van der Waals surface area contributed by atoms with E-state index in [0.29, 0.717) is 22.8 Å². The van der Waals surface area contributed by atoms with Gasteiger partial charge in [-0.3, -0.25) is 0 Å². The molecule has 0 bridgehead atoms. The van der Waals surface area contributed by atoms with Gasteiger partial charge in [-0.1, -0.05) is 0 Å². The lowest BCUT2D eigenvalue weighted by molar-refractivity contribution is 0.163. The molecular weight excluding hydrogens is 304 g/mol. The Kier molecular flexibility index (Phi) is 4.27. The van der Waals surface area contributed by atoms with Crippen LogP contribution in [0.3, 0.4) is 0 Å². The first-order valence-corrected chi connectivity index (χ1v) is 6.96. The quantitative estimate of drug-likeness (QED) is 0.750. The summed E-state index contributed by atoms with van der Waals surface area (Å²) in [5.41, 5.74) is 1.05. The normalized spacial score (nSPS) is 11.0. The van der Waals surface area contributed by atoms with Crippen LogP contribution in [0.4, 0.5) is 14.5 Å². The molecule has 0 spiro atoms. The van der Waals surface area contributed by atoms with Crippen molar-refractivity contribution in [2.45, 2.75) is 6.43 Å². The fraction of sp³-hybridized carbons (Fsp3) is 0.188. The van der Waals surface area contributed by atoms with E-state index in [1.807, 2.05) is 0 Å². The van der Waals surface area contributed by atoms with Crippen LogP contribution in [0.15, 0.2) is 48.9 Å². The predicted octanol–water partition coefficient (Wildman–Crippen LogP) is 3.81. The Balaban J connectivity index is 1.87. The zero-order chi connectivity index (χ0) is 16.2. The summed E-state index contributed by atoms with van der Waals surface area (Å²) in [5, 5.41) is 2.68. The van der Waals surface area contributed by atoms with Crippen LogP contribution in [0, 0.1) is 0 Å². The van der Waals surface area contributed by atoms with E-state index in [0.717, 1.165) is 5.75 Å². The van der Waals surface area contributed by atoms with Gasteiger partial charge in [0.25, 0.3) is 6.43 Å². The summed E-state index contributed by atoms with van der Waals surface area (Å²) in [6, 6.07) is 8.74. The molecule has 0 aliphatic rings. The second-order valence-electron chi connectivity index (χ2n) is 4.80. The van der Waals surface area contributed by atoms with Crippen molar-refractivity contribution < 1.29 is 18.3 Å². The molecule has 2 heterocycles. The minimum absolute atomic E-state index is 0.450. The van der Waals surface area contributed by atoms with Gasteiger partial charge in [0.1, 0.15) is 17.2 Å². The van der Waals surface area contributed by atoms with Crippen molar-refractivity contribution >= 4 is 11.3 Å². The third-order valence-corrected chi connectivity index (χ3v) is 3.20. The van der Waals surface area contributed by atoms with E-state index >= 15 is 0 Å². The Morgan fingerprint density at radius 1 is 1.17 bits per heavy atom. The summed E-state index contributed by atoms with van der Waals surface area (Å²) >= 11 is 0. The fourth-order valence-corrected chi connectivity index (χ4v) is 2.16. The predicted molar refractivity (Wildman–Crippen MR) is 82.8 cm³/mol. The molecule has 3 rings (SSSR count). The van der Waals surface area contributed by atoms with Crippen molar-refractivity contribution in [3.8, 4) is 17.2 Å². The number of anilines is 1. The summed E-state index contributed by atoms with van der Waals surface area (Å²) in [7, 11) is 1.59. The third kappa shape index (κ3) is 3.50. The molecule has 0 saturated heterocycles. The van der Waals surface area contributed by atoms with E-state index in [2.05, 4.69) is 10.3 Å². The molecule has 23 heavy (non-hydrogen) atoms. The van der Waals surface area contributed by atoms with Gasteiger partial charge >= 0.3 is 0 Å². The number of ether oxygens (including phenoxy) is 2. The highest BCUT2D eigenvalue weighted by Gasteiger charge is 2.09. The van der Waals surface area contributed by atoms with Crippen LogP contribution < -0.4 is 14.8 Å². The Bertz CT molecular complexity index is 788. The van der Waals surface area contributed by atoms with Gasteiger partial charge in [0.2, 0.25) is 0 Å². The van der Waals surface area contributed by atoms with E-state index in [1.54, 1.807) is 60.4 Å². The second-order valence-corrected chi connectivity index (χ2v) is 4.80. The number of nitrogens with one attached hydrogen (secondary N) is 1. The largest absolute Gasteiger partial charge is 0.497 e. The van der Waals surface area contributed by atoms with Crippen molar-refractivity contribution in [3.05, 3.63) is 48.9 Å². The van der Waals surface area contributed by atoms with Gasteiger partial charge in [-0.15, -0.1) is 0 Å². The maximum atomic E-state index is 12.4. The van der Waals surface area contributed by atoms with Gasteiger partial charge in [-0.25, -0.2) is 13.8 Å². The van der Waals surface area contributed by atoms with E-state index in [4.69, 9.17) is 9.47 Å². The number of halogens is 2. The van der Waals surface area contributed by atoms with Crippen molar-refractivity contribution in [1.82, 2.24) is 9.38 Å². The Morgan fingerprint density at radius 3 is 2.61 bits per heavy atom. The topological polar surface area (TPSA) is 47.8 Å². The van der Waals surface area contributed by atoms with Crippen molar-refractivity contribution in [2.75, 3.05) is 19.0 Å². The van der Waals surface area contributed by atoms with E-state index in [9.17, 15) is 8.78 Å². The lowest BCUT2D eigenvalue weighted by Gasteiger charge is -2.11. The molecule has 120 valence electrons. The molecule has 1 N–H and O–H groups in total. The average molecular weight is 319 g/mol. The molecule has 0 unspecified atom stereocenters. The zero-order valence-corrected chi connectivity index (χ0v) is 12.4. The maximum absolute atomic E-state index is 12.4. The highest BCUT2D eigenvalue weighted by molar-refractivity contribution is 5.69. The number of alkyl halides is 2. The zero-order valence-electron chi connectivity index (χ0n) is 12.4. The number of rotatable bonds is 6. The lowest BCUT2D eigenvalue weighted by atomic mass is 10.3. The number of methoxy groups -OCH3 is 1. The fourth-order valence-electron chi connectivity index (χ4n) is 2.16. The molecule has 0 saturated carbocycles. The van der Waals surface area contributed by atoms with Crippen LogP contribution in [0.5, 0.6) is 17.2 Å². The molecule has 0 fully saturated rings. The first-order valence-electron chi connectivity index (χ1n) is 6.96. The Hall–Kier alpha value is -2.83. The standard InChI is InChI=1S/C16H15F2N3O2/c1-22-11-2-4-12(5-3-11)23-13-8-14(20-9-15(17)18)16-19-6-7-21(16)10-13/h2-8,10,15,20H,9H2,1H3. The summed E-state index contributed by atoms with van der Waals surface area (Å²) in [4.78, 5) is 4.15. The van der Waals surface area contributed by atoms with E-state index in [1.165, 1.54) is 0 Å². The van der Waals surface area contributed by atoms with Crippen LogP contribution in [-0.4, -0.2) is 29.5 Å². The molecule has 7 heteroatoms. The van der Waals surface area contributed by atoms with Crippen LogP contribution in [0.1, 0.15) is 0 Å². The maximum Gasteiger partial charge on any atom is 0.255 e. The molecule has 0 radical (unpaired) electrons. The molecule has 0 aliphatic carbocycles. The molecule has 1 aromatic carbocycles. The van der Waals surface area contributed by atoms with Crippen LogP contribution in [0.25, 0.3) is 5.65 Å². The number of nitrogens with zero attached hydrogens (tertiary/aromatic N) is 2. The summed E-state index contributed by atoms with van der Waals surface area (Å²) in [6.07, 6.45) is 2.61. The first-order chi connectivity index (χ1) is 11.2. The number of pyridine rings is 1. The molecule has 5 nitrogen and oxygen atoms in total.